The molecule has 12 nitrogen and oxygen atoms in total. The number of nitrogens with zero attached hydrogens (tertiary/aromatic N) is 6. The van der Waals surface area contributed by atoms with Crippen LogP contribution in [-0.4, -0.2) is 44.8 Å². The second-order valence-electron chi connectivity index (χ2n) is 12.7. The summed E-state index contributed by atoms with van der Waals surface area (Å²) in [4.78, 5) is 48.9. The first-order chi connectivity index (χ1) is 27.9. The van der Waals surface area contributed by atoms with Gasteiger partial charge in [0.2, 0.25) is 0 Å². The quantitative estimate of drug-likeness (QED) is 0.139. The molecular formula is C45H32N6O6. The molecule has 0 saturated heterocycles. The van der Waals surface area contributed by atoms with E-state index in [0.717, 1.165) is 21.4 Å². The highest BCUT2D eigenvalue weighted by Crippen LogP contribution is 2.38. The molecule has 57 heavy (non-hydrogen) atoms. The van der Waals surface area contributed by atoms with Gasteiger partial charge in [0.05, 0.1) is 33.3 Å². The first kappa shape index (κ1) is 35.9. The molecule has 4 aromatic heterocycles. The Hall–Kier alpha value is -8.12. The van der Waals surface area contributed by atoms with Gasteiger partial charge in [0.15, 0.2) is 11.3 Å². The molecule has 0 aliphatic carbocycles. The Morgan fingerprint density at radius 1 is 0.474 bits per heavy atom. The van der Waals surface area contributed by atoms with Crippen LogP contribution >= 0.6 is 0 Å². The lowest BCUT2D eigenvalue weighted by Crippen LogP contribution is -2.29. The molecule has 9 rings (SSSR count). The Morgan fingerprint density at radius 2 is 0.860 bits per heavy atom. The third-order valence-electron chi connectivity index (χ3n) is 9.22. The predicted octanol–water partition coefficient (Wildman–Crippen LogP) is 7.53. The van der Waals surface area contributed by atoms with Gasteiger partial charge in [-0.25, -0.2) is 19.9 Å². The smallest absolute Gasteiger partial charge is 0.296 e. The number of aromatic hydroxyl groups is 2. The molecule has 12 heteroatoms. The second-order valence-corrected chi connectivity index (χ2v) is 12.7. The molecule has 9 aromatic rings. The van der Waals surface area contributed by atoms with E-state index in [1.165, 1.54) is 12.7 Å². The summed E-state index contributed by atoms with van der Waals surface area (Å²) in [6.45, 7) is 0.166. The van der Waals surface area contributed by atoms with Gasteiger partial charge >= 0.3 is 0 Å². The fraction of sp³-hybridized carbons (Fsp3) is 0.0222. The summed E-state index contributed by atoms with van der Waals surface area (Å²) >= 11 is 0. The summed E-state index contributed by atoms with van der Waals surface area (Å²) in [5, 5.41) is 33.0. The summed E-state index contributed by atoms with van der Waals surface area (Å²) in [6, 6.07) is 45.9. The molecule has 5 aromatic carbocycles. The van der Waals surface area contributed by atoms with E-state index in [2.05, 4.69) is 19.9 Å². The number of hydrogen-bond acceptors (Lipinski definition) is 10. The van der Waals surface area contributed by atoms with Crippen LogP contribution in [0.3, 0.4) is 0 Å². The Kier molecular flexibility index (Phi) is 9.88. The Bertz CT molecular complexity index is 2960. The van der Waals surface area contributed by atoms with Crippen molar-refractivity contribution >= 4 is 22.1 Å². The molecule has 0 atom stereocenters. The minimum Gasteiger partial charge on any atom is -0.506 e. The van der Waals surface area contributed by atoms with Gasteiger partial charge < -0.3 is 20.3 Å². The number of hydrogen-bond donors (Lipinski definition) is 3. The summed E-state index contributed by atoms with van der Waals surface area (Å²) in [6.07, 6.45) is 2.62. The number of pyridine rings is 2. The molecule has 0 radical (unpaired) electrons. The van der Waals surface area contributed by atoms with Crippen molar-refractivity contribution in [3.8, 4) is 56.3 Å². The molecule has 0 spiro atoms. The predicted molar refractivity (Wildman–Crippen MR) is 217 cm³/mol. The summed E-state index contributed by atoms with van der Waals surface area (Å²) in [5.74, 6) is -0.425. The SMILES string of the molecule is O=c1c(-c2ccccc2)c(O)c2c(-c3ccccc3)ncnc2n1O.O=c1c(-c2ccccc2)c(O)c2c(-c3ccccc3)ncnc2n1OCc1ccccc1. The topological polar surface area (TPSA) is 165 Å². The van der Waals surface area contributed by atoms with Gasteiger partial charge in [-0.2, -0.15) is 0 Å². The molecule has 0 amide bonds. The fourth-order valence-electron chi connectivity index (χ4n) is 6.55. The lowest BCUT2D eigenvalue weighted by Gasteiger charge is -2.16. The van der Waals surface area contributed by atoms with Crippen molar-refractivity contribution < 1.29 is 20.3 Å². The zero-order chi connectivity index (χ0) is 39.3. The third kappa shape index (κ3) is 6.90. The summed E-state index contributed by atoms with van der Waals surface area (Å²) < 4.78 is 1.60. The Balaban J connectivity index is 0.000000165. The molecule has 0 saturated carbocycles. The lowest BCUT2D eigenvalue weighted by atomic mass is 10.0. The van der Waals surface area contributed by atoms with E-state index in [9.17, 15) is 25.0 Å². The van der Waals surface area contributed by atoms with Crippen LogP contribution in [0.4, 0.5) is 0 Å². The van der Waals surface area contributed by atoms with Gasteiger partial charge in [-0.1, -0.05) is 152 Å². The van der Waals surface area contributed by atoms with Crippen LogP contribution in [-0.2, 0) is 6.61 Å². The van der Waals surface area contributed by atoms with Crippen LogP contribution in [0.5, 0.6) is 11.5 Å². The van der Waals surface area contributed by atoms with Crippen molar-refractivity contribution in [2.45, 2.75) is 6.61 Å². The Morgan fingerprint density at radius 3 is 1.33 bits per heavy atom. The third-order valence-corrected chi connectivity index (χ3v) is 9.22. The van der Waals surface area contributed by atoms with E-state index < -0.39 is 11.1 Å². The zero-order valence-corrected chi connectivity index (χ0v) is 30.0. The minimum atomic E-state index is -0.742. The highest BCUT2D eigenvalue weighted by atomic mass is 16.7. The lowest BCUT2D eigenvalue weighted by molar-refractivity contribution is 0.0980. The molecule has 4 heterocycles. The monoisotopic (exact) mass is 752 g/mol. The van der Waals surface area contributed by atoms with E-state index in [4.69, 9.17) is 4.84 Å². The summed E-state index contributed by atoms with van der Waals surface area (Å²) in [5.41, 5.74) is 3.53. The first-order valence-corrected chi connectivity index (χ1v) is 17.8. The van der Waals surface area contributed by atoms with Gasteiger partial charge in [0.1, 0.15) is 30.8 Å². The van der Waals surface area contributed by atoms with Crippen LogP contribution < -0.4 is 16.0 Å². The van der Waals surface area contributed by atoms with E-state index in [1.807, 2.05) is 109 Å². The van der Waals surface area contributed by atoms with E-state index in [-0.39, 0.29) is 45.9 Å². The van der Waals surface area contributed by atoms with Crippen molar-refractivity contribution in [2.75, 3.05) is 0 Å². The molecule has 0 aliphatic heterocycles. The normalized spacial score (nSPS) is 10.9. The van der Waals surface area contributed by atoms with Crippen molar-refractivity contribution in [2.24, 2.45) is 0 Å². The largest absolute Gasteiger partial charge is 0.506 e. The Labute approximate surface area is 324 Å². The average molecular weight is 753 g/mol. The standard InChI is InChI=1S/C26H19N3O3.C19H13N3O3/c30-24-21(19-12-6-2-7-13-19)26(31)29(32-16-18-10-4-1-5-11-18)25-22(24)23(27-17-28-25)20-14-8-3-9-15-20;23-17-14(12-7-3-1-4-8-12)19(24)22(25)18-15(17)16(20-11-21-18)13-9-5-2-6-10-13/h1-15,17,30H,16H2;1-11,23,25H. The van der Waals surface area contributed by atoms with Crippen LogP contribution in [0.1, 0.15) is 5.56 Å². The van der Waals surface area contributed by atoms with Gasteiger partial charge in [-0.15, -0.1) is 9.46 Å². The maximum absolute atomic E-state index is 13.5. The molecule has 0 unspecified atom stereocenters. The second kappa shape index (κ2) is 15.7. The number of rotatable bonds is 7. The average Bonchev–Trinajstić information content (AvgIpc) is 3.27. The summed E-state index contributed by atoms with van der Waals surface area (Å²) in [7, 11) is 0. The van der Waals surface area contributed by atoms with Crippen molar-refractivity contribution in [3.05, 3.63) is 191 Å². The molecular weight excluding hydrogens is 721 g/mol. The van der Waals surface area contributed by atoms with Gasteiger partial charge in [0, 0.05) is 11.1 Å². The molecule has 0 bridgehead atoms. The first-order valence-electron chi connectivity index (χ1n) is 17.8. The maximum Gasteiger partial charge on any atom is 0.296 e. The minimum absolute atomic E-state index is 0.00239. The van der Waals surface area contributed by atoms with Crippen molar-refractivity contribution in [1.29, 1.82) is 0 Å². The van der Waals surface area contributed by atoms with E-state index >= 15 is 0 Å². The van der Waals surface area contributed by atoms with Gasteiger partial charge in [-0.05, 0) is 16.7 Å². The highest BCUT2D eigenvalue weighted by Gasteiger charge is 2.24. The molecule has 278 valence electrons. The van der Waals surface area contributed by atoms with Crippen molar-refractivity contribution in [3.63, 3.8) is 0 Å². The van der Waals surface area contributed by atoms with Crippen LogP contribution in [0.25, 0.3) is 66.8 Å². The molecule has 3 N–H and O–H groups in total. The highest BCUT2D eigenvalue weighted by molar-refractivity contribution is 6.00. The van der Waals surface area contributed by atoms with E-state index in [1.54, 1.807) is 42.5 Å². The zero-order valence-electron chi connectivity index (χ0n) is 30.0. The van der Waals surface area contributed by atoms with Gasteiger partial charge in [0.25, 0.3) is 11.1 Å². The van der Waals surface area contributed by atoms with Gasteiger partial charge in [-0.3, -0.25) is 9.59 Å². The van der Waals surface area contributed by atoms with Crippen molar-refractivity contribution in [1.82, 2.24) is 29.4 Å². The number of aromatic nitrogens is 6. The molecule has 0 aliphatic rings. The van der Waals surface area contributed by atoms with Crippen LogP contribution in [0, 0.1) is 0 Å². The van der Waals surface area contributed by atoms with Crippen LogP contribution in [0.15, 0.2) is 174 Å². The maximum atomic E-state index is 13.5. The van der Waals surface area contributed by atoms with Crippen LogP contribution in [0.2, 0.25) is 0 Å². The number of benzene rings is 5. The molecule has 0 fully saturated rings. The number of fused-ring (bicyclic) bond motifs is 2. The van der Waals surface area contributed by atoms with E-state index in [0.29, 0.717) is 32.6 Å². The fourth-order valence-corrected chi connectivity index (χ4v) is 6.55.